The van der Waals surface area contributed by atoms with Crippen LogP contribution in [0.25, 0.3) is 0 Å². The molecule has 0 N–H and O–H groups in total. The molecule has 28 valence electrons. The third-order valence-electron chi connectivity index (χ3n) is 0.145. The number of hydrogen-bond acceptors (Lipinski definition) is 1. The number of hydrogen-bond donors (Lipinski definition) is 0. The van der Waals surface area contributed by atoms with Crippen molar-refractivity contribution in [2.45, 2.75) is 0 Å². The zero-order valence-corrected chi connectivity index (χ0v) is 4.72. The van der Waals surface area contributed by atoms with Crippen LogP contribution in [0.4, 0.5) is 0 Å². The first kappa shape index (κ1) is 5.42. The second-order valence-electron chi connectivity index (χ2n) is 0.630. The molecule has 4 heteroatoms. The molecule has 0 radical (unpaired) electrons. The predicted molar refractivity (Wildman–Crippen MR) is 20.1 cm³/mol. The fraction of sp³-hybridized carbons (Fsp3) is 1.00. The first-order chi connectivity index (χ1) is 2.27. The Morgan fingerprint density at radius 3 is 2.20 bits per heavy atom. The van der Waals surface area contributed by atoms with Gasteiger partial charge in [0.1, 0.15) is 0 Å². The quantitative estimate of drug-likeness (QED) is 0.348. The zero-order valence-electron chi connectivity index (χ0n) is 2.81. The molecular weight excluding hydrogens is 104 g/mol. The fourth-order valence-corrected chi connectivity index (χ4v) is 0. The Kier molecular flexibility index (Phi) is 2.87. The fourth-order valence-electron chi connectivity index (χ4n) is 0. The molecule has 2 nitrogen and oxygen atoms in total. The van der Waals surface area contributed by atoms with Gasteiger partial charge in [-0.05, 0) is 0 Å². The summed E-state index contributed by atoms with van der Waals surface area (Å²) in [5.74, 6) is 0. The Labute approximate surface area is 42.0 Å². The van der Waals surface area contributed by atoms with E-state index in [2.05, 4.69) is 0 Å². The van der Waals surface area contributed by atoms with Gasteiger partial charge in [-0.2, -0.15) is 0 Å². The summed E-state index contributed by atoms with van der Waals surface area (Å²) >= 11 is 4.10. The van der Waals surface area contributed by atoms with Crippen molar-refractivity contribution in [3.8, 4) is 0 Å². The molecule has 0 aromatic rings. The third-order valence-corrected chi connectivity index (χ3v) is 0.675. The van der Waals surface area contributed by atoms with Crippen LogP contribution in [0, 0.1) is 0 Å². The molecule has 0 aliphatic carbocycles. The molecule has 0 rings (SSSR count). The zero-order chi connectivity index (χ0) is 4.28. The number of halogens is 1. The summed E-state index contributed by atoms with van der Waals surface area (Å²) in [6.07, 6.45) is 0. The third kappa shape index (κ3) is 4.42. The summed E-state index contributed by atoms with van der Waals surface area (Å²) in [7, 11) is 1.55. The van der Waals surface area contributed by atoms with Crippen LogP contribution in [0.5, 0.6) is 0 Å². The van der Waals surface area contributed by atoms with E-state index in [-0.39, 0.29) is 0 Å². The van der Waals surface area contributed by atoms with E-state index in [4.69, 9.17) is 11.8 Å². The first-order valence-electron chi connectivity index (χ1n) is 1.11. The Bertz CT molecular complexity index is 38.6. The van der Waals surface area contributed by atoms with Crippen LogP contribution in [-0.4, -0.2) is 25.8 Å². The van der Waals surface area contributed by atoms with Gasteiger partial charge in [0, 0.05) is 0 Å². The normalized spacial score (nSPS) is 6.00. The second-order valence-corrected chi connectivity index (χ2v) is 2.48. The molecule has 0 amide bonds. The molecule has 0 aliphatic rings. The van der Waals surface area contributed by atoms with E-state index in [1.165, 1.54) is 0 Å². The van der Waals surface area contributed by atoms with Gasteiger partial charge in [-0.3, -0.25) is 0 Å². The standard InChI is InChI=1S/CH3ClN.Al.O/c1-3-2;;/h1H3;;/q-1;+1;. The Balaban J connectivity index is 2.83. The summed E-state index contributed by atoms with van der Waals surface area (Å²) in [5, 5.41) is 0. The van der Waals surface area contributed by atoms with Crippen LogP contribution in [-0.2, 0) is 3.80 Å². The Morgan fingerprint density at radius 1 is 2.00 bits per heavy atom. The molecule has 0 heterocycles. The molecule has 0 fully saturated rings. The summed E-state index contributed by atoms with van der Waals surface area (Å²) in [6.45, 7) is 0. The van der Waals surface area contributed by atoms with Gasteiger partial charge in [0.25, 0.3) is 0 Å². The van der Waals surface area contributed by atoms with E-state index >= 15 is 0 Å². The van der Waals surface area contributed by atoms with Gasteiger partial charge < -0.3 is 0 Å². The molecule has 0 bridgehead atoms. The minimum absolute atomic E-state index is 0.920. The Morgan fingerprint density at radius 2 is 2.20 bits per heavy atom. The second kappa shape index (κ2) is 2.65. The number of rotatable bonds is 1. The molecule has 0 aromatic heterocycles. The van der Waals surface area contributed by atoms with Gasteiger partial charge in [-0.25, -0.2) is 0 Å². The van der Waals surface area contributed by atoms with Crippen LogP contribution in [0.3, 0.4) is 0 Å². The molecule has 0 spiro atoms. The molecular formula is CH3AlClNO. The predicted octanol–water partition coefficient (Wildman–Crippen LogP) is 0.0367. The van der Waals surface area contributed by atoms with Crippen LogP contribution >= 0.6 is 11.8 Å². The first-order valence-corrected chi connectivity index (χ1v) is 2.44. The van der Waals surface area contributed by atoms with E-state index in [0.717, 1.165) is 3.40 Å². The maximum absolute atomic E-state index is 9.51. The molecule has 0 aliphatic heterocycles. The monoisotopic (exact) mass is 107 g/mol. The van der Waals surface area contributed by atoms with Gasteiger partial charge in [0.15, 0.2) is 0 Å². The van der Waals surface area contributed by atoms with E-state index < -0.39 is 15.4 Å². The number of nitrogens with zero attached hydrogens (tertiary/aromatic N) is 1. The summed E-state index contributed by atoms with van der Waals surface area (Å²) in [4.78, 5) is 0. The van der Waals surface area contributed by atoms with Gasteiger partial charge >= 0.3 is 41.4 Å². The van der Waals surface area contributed by atoms with Crippen molar-refractivity contribution < 1.29 is 3.80 Å². The summed E-state index contributed by atoms with van der Waals surface area (Å²) in [6, 6.07) is 0. The minimum atomic E-state index is -0.920. The van der Waals surface area contributed by atoms with Crippen molar-refractivity contribution in [3.63, 3.8) is 0 Å². The van der Waals surface area contributed by atoms with Gasteiger partial charge in [0.05, 0.1) is 0 Å². The molecule has 0 saturated heterocycles. The van der Waals surface area contributed by atoms with Crippen LogP contribution in [0.1, 0.15) is 0 Å². The van der Waals surface area contributed by atoms with Crippen molar-refractivity contribution >= 4 is 27.2 Å². The van der Waals surface area contributed by atoms with Crippen molar-refractivity contribution in [2.75, 3.05) is 7.05 Å². The molecule has 5 heavy (non-hydrogen) atoms. The van der Waals surface area contributed by atoms with Crippen LogP contribution < -0.4 is 0 Å². The van der Waals surface area contributed by atoms with Crippen molar-refractivity contribution in [2.24, 2.45) is 0 Å². The summed E-state index contributed by atoms with van der Waals surface area (Å²) < 4.78 is 10.6. The summed E-state index contributed by atoms with van der Waals surface area (Å²) in [5.41, 5.74) is 0. The average molecular weight is 107 g/mol. The van der Waals surface area contributed by atoms with Gasteiger partial charge in [-0.1, -0.05) is 0 Å². The topological polar surface area (TPSA) is 20.3 Å². The van der Waals surface area contributed by atoms with Crippen LogP contribution in [0.15, 0.2) is 0 Å². The maximum atomic E-state index is 9.51. The SMILES string of the molecule is C[N](Cl)[Al]=[O]. The van der Waals surface area contributed by atoms with Gasteiger partial charge in [-0.15, -0.1) is 0 Å². The molecule has 0 unspecified atom stereocenters. The molecule has 0 saturated carbocycles. The van der Waals surface area contributed by atoms with Crippen molar-refractivity contribution in [1.29, 1.82) is 0 Å². The van der Waals surface area contributed by atoms with Crippen LogP contribution in [0.2, 0.25) is 0 Å². The average Bonchev–Trinajstić information content (AvgIpc) is 1.38. The van der Waals surface area contributed by atoms with Crippen molar-refractivity contribution in [3.05, 3.63) is 0 Å². The van der Waals surface area contributed by atoms with E-state index in [1.807, 2.05) is 0 Å². The van der Waals surface area contributed by atoms with E-state index in [0.29, 0.717) is 0 Å². The van der Waals surface area contributed by atoms with E-state index in [9.17, 15) is 3.80 Å². The van der Waals surface area contributed by atoms with Gasteiger partial charge in [0.2, 0.25) is 0 Å². The Hall–Kier alpha value is 0.422. The molecule has 0 aromatic carbocycles. The molecule has 0 atom stereocenters. The van der Waals surface area contributed by atoms with E-state index in [1.54, 1.807) is 7.05 Å². The van der Waals surface area contributed by atoms with Crippen molar-refractivity contribution in [1.82, 2.24) is 3.40 Å².